The van der Waals surface area contributed by atoms with Gasteiger partial charge in [-0.3, -0.25) is 0 Å². The van der Waals surface area contributed by atoms with Gasteiger partial charge in [0.2, 0.25) is 0 Å². The second-order valence-electron chi connectivity index (χ2n) is 4.88. The Kier molecular flexibility index (Phi) is 3.81. The van der Waals surface area contributed by atoms with Gasteiger partial charge in [0.1, 0.15) is 11.9 Å². The maximum absolute atomic E-state index is 13.5. The first kappa shape index (κ1) is 12.8. The summed E-state index contributed by atoms with van der Waals surface area (Å²) in [5, 5.41) is 9.06. The molecule has 0 aromatic heterocycles. The smallest absolute Gasteiger partial charge is 0.167 e. The molecule has 3 atom stereocenters. The largest absolute Gasteiger partial charge is 0.486 e. The zero-order valence-electron chi connectivity index (χ0n) is 10.2. The van der Waals surface area contributed by atoms with Crippen LogP contribution in [0, 0.1) is 34.8 Å². The number of halogens is 2. The van der Waals surface area contributed by atoms with Crippen molar-refractivity contribution in [1.82, 2.24) is 0 Å². The van der Waals surface area contributed by atoms with E-state index in [4.69, 9.17) is 10.00 Å². The molecule has 4 heteroatoms. The molecule has 18 heavy (non-hydrogen) atoms. The maximum atomic E-state index is 13.5. The quantitative estimate of drug-likeness (QED) is 0.803. The van der Waals surface area contributed by atoms with E-state index in [1.807, 2.05) is 0 Å². The van der Waals surface area contributed by atoms with Crippen molar-refractivity contribution in [2.24, 2.45) is 11.8 Å². The fourth-order valence-corrected chi connectivity index (χ4v) is 2.34. The van der Waals surface area contributed by atoms with Crippen LogP contribution >= 0.6 is 0 Å². The molecule has 1 aromatic carbocycles. The van der Waals surface area contributed by atoms with Gasteiger partial charge in [0.25, 0.3) is 0 Å². The van der Waals surface area contributed by atoms with Crippen LogP contribution in [0.25, 0.3) is 0 Å². The molecule has 0 saturated heterocycles. The van der Waals surface area contributed by atoms with Gasteiger partial charge in [-0.2, -0.15) is 5.26 Å². The van der Waals surface area contributed by atoms with Crippen LogP contribution < -0.4 is 4.74 Å². The lowest BCUT2D eigenvalue weighted by Crippen LogP contribution is -2.32. The van der Waals surface area contributed by atoms with Crippen LogP contribution in [0.2, 0.25) is 0 Å². The number of nitriles is 1. The molecule has 2 rings (SSSR count). The summed E-state index contributed by atoms with van der Waals surface area (Å²) in [5.41, 5.74) is 0. The lowest BCUT2D eigenvalue weighted by atomic mass is 9.81. The Balaban J connectivity index is 2.13. The van der Waals surface area contributed by atoms with E-state index in [1.165, 1.54) is 6.07 Å². The lowest BCUT2D eigenvalue weighted by molar-refractivity contribution is 0.0913. The Morgan fingerprint density at radius 3 is 2.78 bits per heavy atom. The molecule has 1 aromatic rings. The molecule has 0 bridgehead atoms. The average molecular weight is 251 g/mol. The summed E-state index contributed by atoms with van der Waals surface area (Å²) >= 11 is 0. The third kappa shape index (κ3) is 2.79. The minimum atomic E-state index is -0.718. The average Bonchev–Trinajstić information content (AvgIpc) is 2.33. The molecule has 1 aliphatic rings. The van der Waals surface area contributed by atoms with Crippen molar-refractivity contribution in [1.29, 1.82) is 5.26 Å². The van der Waals surface area contributed by atoms with Crippen LogP contribution in [0.5, 0.6) is 5.75 Å². The van der Waals surface area contributed by atoms with Crippen LogP contribution in [0.1, 0.15) is 26.2 Å². The van der Waals surface area contributed by atoms with E-state index in [0.29, 0.717) is 5.92 Å². The molecular formula is C14H15F2NO. The SMILES string of the molecule is CC1CCC(C#N)C(Oc2ccc(F)cc2F)C1. The molecule has 0 spiro atoms. The van der Waals surface area contributed by atoms with Gasteiger partial charge >= 0.3 is 0 Å². The molecule has 1 saturated carbocycles. The monoisotopic (exact) mass is 251 g/mol. The Bertz CT molecular complexity index is 469. The van der Waals surface area contributed by atoms with Crippen molar-refractivity contribution in [2.45, 2.75) is 32.3 Å². The zero-order chi connectivity index (χ0) is 13.1. The minimum Gasteiger partial charge on any atom is -0.486 e. The van der Waals surface area contributed by atoms with Crippen molar-refractivity contribution in [3.63, 3.8) is 0 Å². The Morgan fingerprint density at radius 1 is 1.33 bits per heavy atom. The normalized spacial score (nSPS) is 27.6. The van der Waals surface area contributed by atoms with E-state index in [2.05, 4.69) is 13.0 Å². The molecule has 2 nitrogen and oxygen atoms in total. The molecule has 1 fully saturated rings. The standard InChI is InChI=1S/C14H15F2NO/c1-9-2-3-10(8-17)14(6-9)18-13-5-4-11(15)7-12(13)16/h4-5,7,9-10,14H,2-3,6H2,1H3. The van der Waals surface area contributed by atoms with Crippen LogP contribution in [0.15, 0.2) is 18.2 Å². The maximum Gasteiger partial charge on any atom is 0.167 e. The first-order valence-corrected chi connectivity index (χ1v) is 6.11. The van der Waals surface area contributed by atoms with Crippen molar-refractivity contribution in [2.75, 3.05) is 0 Å². The molecule has 0 aliphatic heterocycles. The van der Waals surface area contributed by atoms with Crippen molar-refractivity contribution < 1.29 is 13.5 Å². The second-order valence-corrected chi connectivity index (χ2v) is 4.88. The Labute approximate surface area is 105 Å². The van der Waals surface area contributed by atoms with Crippen LogP contribution in [0.4, 0.5) is 8.78 Å². The van der Waals surface area contributed by atoms with Crippen molar-refractivity contribution in [3.05, 3.63) is 29.8 Å². The summed E-state index contributed by atoms with van der Waals surface area (Å²) in [6, 6.07) is 5.43. The van der Waals surface area contributed by atoms with Gasteiger partial charge in [-0.15, -0.1) is 0 Å². The summed E-state index contributed by atoms with van der Waals surface area (Å²) in [5.74, 6) is -1.08. The highest BCUT2D eigenvalue weighted by molar-refractivity contribution is 5.25. The summed E-state index contributed by atoms with van der Waals surface area (Å²) < 4.78 is 31.8. The van der Waals surface area contributed by atoms with Crippen molar-refractivity contribution >= 4 is 0 Å². The van der Waals surface area contributed by atoms with E-state index in [9.17, 15) is 8.78 Å². The zero-order valence-corrected chi connectivity index (χ0v) is 10.2. The molecule has 1 aliphatic carbocycles. The summed E-state index contributed by atoms with van der Waals surface area (Å²) in [4.78, 5) is 0. The van der Waals surface area contributed by atoms with Gasteiger partial charge in [0.15, 0.2) is 11.6 Å². The molecule has 0 amide bonds. The van der Waals surface area contributed by atoms with E-state index in [-0.39, 0.29) is 17.8 Å². The third-order valence-electron chi connectivity index (χ3n) is 3.39. The van der Waals surface area contributed by atoms with Gasteiger partial charge in [-0.05, 0) is 37.3 Å². The highest BCUT2D eigenvalue weighted by Gasteiger charge is 2.30. The molecule has 0 N–H and O–H groups in total. The number of rotatable bonds is 2. The molecular weight excluding hydrogens is 236 g/mol. The first-order chi connectivity index (χ1) is 8.60. The fraction of sp³-hybridized carbons (Fsp3) is 0.500. The Morgan fingerprint density at radius 2 is 2.11 bits per heavy atom. The minimum absolute atomic E-state index is 0.0238. The summed E-state index contributed by atoms with van der Waals surface area (Å²) in [6.45, 7) is 2.09. The highest BCUT2D eigenvalue weighted by atomic mass is 19.1. The summed E-state index contributed by atoms with van der Waals surface area (Å²) in [6.07, 6.45) is 2.18. The molecule has 3 unspecified atom stereocenters. The van der Waals surface area contributed by atoms with Gasteiger partial charge in [-0.1, -0.05) is 6.92 Å². The topological polar surface area (TPSA) is 33.0 Å². The van der Waals surface area contributed by atoms with Gasteiger partial charge in [-0.25, -0.2) is 8.78 Å². The van der Waals surface area contributed by atoms with Crippen LogP contribution in [0.3, 0.4) is 0 Å². The van der Waals surface area contributed by atoms with Gasteiger partial charge in [0.05, 0.1) is 12.0 Å². The van der Waals surface area contributed by atoms with Crippen LogP contribution in [-0.2, 0) is 0 Å². The Hall–Kier alpha value is -1.63. The van der Waals surface area contributed by atoms with Gasteiger partial charge < -0.3 is 4.74 Å². The van der Waals surface area contributed by atoms with E-state index < -0.39 is 11.6 Å². The first-order valence-electron chi connectivity index (χ1n) is 6.11. The predicted molar refractivity (Wildman–Crippen MR) is 62.9 cm³/mol. The number of ether oxygens (including phenoxy) is 1. The van der Waals surface area contributed by atoms with E-state index in [1.54, 1.807) is 0 Å². The number of hydrogen-bond acceptors (Lipinski definition) is 2. The second kappa shape index (κ2) is 5.34. The number of benzene rings is 1. The number of nitrogens with zero attached hydrogens (tertiary/aromatic N) is 1. The summed E-state index contributed by atoms with van der Waals surface area (Å²) in [7, 11) is 0. The molecule has 96 valence electrons. The van der Waals surface area contributed by atoms with E-state index >= 15 is 0 Å². The van der Waals surface area contributed by atoms with Crippen LogP contribution in [-0.4, -0.2) is 6.10 Å². The van der Waals surface area contributed by atoms with Crippen molar-refractivity contribution in [3.8, 4) is 11.8 Å². The van der Waals surface area contributed by atoms with E-state index in [0.717, 1.165) is 31.4 Å². The highest BCUT2D eigenvalue weighted by Crippen LogP contribution is 2.32. The lowest BCUT2D eigenvalue weighted by Gasteiger charge is -2.31. The third-order valence-corrected chi connectivity index (χ3v) is 3.39. The fourth-order valence-electron chi connectivity index (χ4n) is 2.34. The predicted octanol–water partition coefficient (Wildman–Crippen LogP) is 3.67. The molecule has 0 heterocycles. The molecule has 0 radical (unpaired) electrons. The van der Waals surface area contributed by atoms with Gasteiger partial charge in [0, 0.05) is 6.07 Å². The number of hydrogen-bond donors (Lipinski definition) is 0.